The number of benzene rings is 1. The molecule has 1 aromatic carbocycles. The van der Waals surface area contributed by atoms with Gasteiger partial charge in [-0.05, 0) is 30.4 Å². The quantitative estimate of drug-likeness (QED) is 0.911. The van der Waals surface area contributed by atoms with E-state index in [0.29, 0.717) is 31.5 Å². The van der Waals surface area contributed by atoms with E-state index >= 15 is 0 Å². The van der Waals surface area contributed by atoms with E-state index in [2.05, 4.69) is 0 Å². The van der Waals surface area contributed by atoms with E-state index < -0.39 is 17.8 Å². The first-order chi connectivity index (χ1) is 9.86. The van der Waals surface area contributed by atoms with Gasteiger partial charge in [-0.1, -0.05) is 18.2 Å². The lowest BCUT2D eigenvalue weighted by atomic mass is 10.1. The van der Waals surface area contributed by atoms with Crippen molar-refractivity contribution in [2.75, 3.05) is 13.1 Å². The molecule has 3 atom stereocenters. The third kappa shape index (κ3) is 2.90. The third-order valence-electron chi connectivity index (χ3n) is 4.22. The second kappa shape index (κ2) is 5.02. The highest BCUT2D eigenvalue weighted by molar-refractivity contribution is 5.83. The Morgan fingerprint density at radius 3 is 2.71 bits per heavy atom. The van der Waals surface area contributed by atoms with Crippen LogP contribution in [0.2, 0.25) is 0 Å². The minimum absolute atomic E-state index is 0.0473. The fourth-order valence-corrected chi connectivity index (χ4v) is 2.96. The smallest absolute Gasteiger partial charge is 0.391 e. The molecule has 1 aliphatic carbocycles. The summed E-state index contributed by atoms with van der Waals surface area (Å²) in [6, 6.07) is 5.21. The molecular weight excluding hydrogens is 283 g/mol. The lowest BCUT2D eigenvalue weighted by molar-refractivity contribution is -0.137. The zero-order valence-electron chi connectivity index (χ0n) is 11.3. The maximum Gasteiger partial charge on any atom is 0.416 e. The molecule has 21 heavy (non-hydrogen) atoms. The van der Waals surface area contributed by atoms with Crippen LogP contribution < -0.4 is 0 Å². The molecule has 114 valence electrons. The van der Waals surface area contributed by atoms with E-state index in [-0.39, 0.29) is 17.7 Å². The van der Waals surface area contributed by atoms with Gasteiger partial charge in [0.05, 0.1) is 11.7 Å². The molecule has 1 saturated heterocycles. The SMILES string of the molecule is O=C(C1CC1c1cccc(C(F)(F)F)c1)N1CC[C@@H](O)C1. The van der Waals surface area contributed by atoms with Gasteiger partial charge in [0.15, 0.2) is 0 Å². The molecule has 1 N–H and O–H groups in total. The number of hydrogen-bond acceptors (Lipinski definition) is 2. The van der Waals surface area contributed by atoms with Gasteiger partial charge in [-0.25, -0.2) is 0 Å². The van der Waals surface area contributed by atoms with Crippen molar-refractivity contribution in [1.82, 2.24) is 4.90 Å². The summed E-state index contributed by atoms with van der Waals surface area (Å²) in [6.45, 7) is 0.871. The van der Waals surface area contributed by atoms with Crippen molar-refractivity contribution in [3.8, 4) is 0 Å². The zero-order valence-corrected chi connectivity index (χ0v) is 11.3. The molecule has 2 unspecified atom stereocenters. The van der Waals surface area contributed by atoms with Gasteiger partial charge >= 0.3 is 6.18 Å². The first kappa shape index (κ1) is 14.4. The van der Waals surface area contributed by atoms with Gasteiger partial charge in [0, 0.05) is 19.0 Å². The van der Waals surface area contributed by atoms with Gasteiger partial charge < -0.3 is 10.0 Å². The molecule has 1 aromatic rings. The van der Waals surface area contributed by atoms with E-state index in [4.69, 9.17) is 0 Å². The largest absolute Gasteiger partial charge is 0.416 e. The monoisotopic (exact) mass is 299 g/mol. The number of hydrogen-bond donors (Lipinski definition) is 1. The number of halogens is 3. The zero-order chi connectivity index (χ0) is 15.2. The Morgan fingerprint density at radius 2 is 2.10 bits per heavy atom. The van der Waals surface area contributed by atoms with Crippen LogP contribution in [0.3, 0.4) is 0 Å². The van der Waals surface area contributed by atoms with Crippen LogP contribution >= 0.6 is 0 Å². The number of carbonyl (C=O) groups is 1. The Hall–Kier alpha value is -1.56. The van der Waals surface area contributed by atoms with Gasteiger partial charge in [0.2, 0.25) is 5.91 Å². The van der Waals surface area contributed by atoms with Crippen molar-refractivity contribution in [3.63, 3.8) is 0 Å². The number of likely N-dealkylation sites (tertiary alicyclic amines) is 1. The molecule has 2 fully saturated rings. The summed E-state index contributed by atoms with van der Waals surface area (Å²) in [5.74, 6) is -0.412. The van der Waals surface area contributed by atoms with Crippen LogP contribution in [0.4, 0.5) is 13.2 Å². The summed E-state index contributed by atoms with van der Waals surface area (Å²) >= 11 is 0. The van der Waals surface area contributed by atoms with Crippen molar-refractivity contribution in [1.29, 1.82) is 0 Å². The predicted molar refractivity (Wildman–Crippen MR) is 69.5 cm³/mol. The molecule has 1 aliphatic heterocycles. The minimum Gasteiger partial charge on any atom is -0.391 e. The lowest BCUT2D eigenvalue weighted by Gasteiger charge is -2.15. The van der Waals surface area contributed by atoms with E-state index in [9.17, 15) is 23.1 Å². The van der Waals surface area contributed by atoms with Crippen LogP contribution in [0.15, 0.2) is 24.3 Å². The Labute approximate surface area is 120 Å². The van der Waals surface area contributed by atoms with Crippen molar-refractivity contribution >= 4 is 5.91 Å². The highest BCUT2D eigenvalue weighted by atomic mass is 19.4. The number of rotatable bonds is 2. The van der Waals surface area contributed by atoms with Crippen LogP contribution in [-0.2, 0) is 11.0 Å². The topological polar surface area (TPSA) is 40.5 Å². The summed E-state index contributed by atoms with van der Waals surface area (Å²) in [7, 11) is 0. The van der Waals surface area contributed by atoms with Gasteiger partial charge in [0.1, 0.15) is 0 Å². The van der Waals surface area contributed by atoms with Gasteiger partial charge in [0.25, 0.3) is 0 Å². The minimum atomic E-state index is -4.36. The molecule has 3 nitrogen and oxygen atoms in total. The number of carbonyl (C=O) groups excluding carboxylic acids is 1. The van der Waals surface area contributed by atoms with Gasteiger partial charge in [-0.15, -0.1) is 0 Å². The summed E-state index contributed by atoms with van der Waals surface area (Å²) in [5.41, 5.74) is -0.0994. The molecule has 0 spiro atoms. The standard InChI is InChI=1S/C15H16F3NO2/c16-15(17,18)10-3-1-2-9(6-10)12-7-13(12)14(21)19-5-4-11(20)8-19/h1-3,6,11-13,20H,4-5,7-8H2/t11-,12?,13?/m1/s1. The number of amides is 1. The molecule has 1 heterocycles. The highest BCUT2D eigenvalue weighted by Gasteiger charge is 2.47. The fraction of sp³-hybridized carbons (Fsp3) is 0.533. The summed E-state index contributed by atoms with van der Waals surface area (Å²) in [4.78, 5) is 13.8. The average molecular weight is 299 g/mol. The summed E-state index contributed by atoms with van der Waals surface area (Å²) in [6.07, 6.45) is -3.66. The Bertz CT molecular complexity index is 558. The van der Waals surface area contributed by atoms with E-state index in [1.54, 1.807) is 11.0 Å². The molecule has 2 aliphatic rings. The predicted octanol–water partition coefficient (Wildman–Crippen LogP) is 2.40. The maximum atomic E-state index is 12.7. The van der Waals surface area contributed by atoms with E-state index in [0.717, 1.165) is 12.1 Å². The summed E-state index contributed by atoms with van der Waals surface area (Å²) < 4.78 is 38.1. The second-order valence-corrected chi connectivity index (χ2v) is 5.80. The number of aliphatic hydroxyl groups is 1. The van der Waals surface area contributed by atoms with Crippen molar-refractivity contribution in [3.05, 3.63) is 35.4 Å². The van der Waals surface area contributed by atoms with E-state index in [1.165, 1.54) is 6.07 Å². The Morgan fingerprint density at radius 1 is 1.33 bits per heavy atom. The molecule has 0 aromatic heterocycles. The molecular formula is C15H16F3NO2. The molecule has 6 heteroatoms. The highest BCUT2D eigenvalue weighted by Crippen LogP contribution is 2.49. The molecule has 1 amide bonds. The van der Waals surface area contributed by atoms with Crippen molar-refractivity contribution < 1.29 is 23.1 Å². The number of alkyl halides is 3. The fourth-order valence-electron chi connectivity index (χ4n) is 2.96. The van der Waals surface area contributed by atoms with Crippen molar-refractivity contribution in [2.24, 2.45) is 5.92 Å². The second-order valence-electron chi connectivity index (χ2n) is 5.80. The van der Waals surface area contributed by atoms with Crippen LogP contribution in [0, 0.1) is 5.92 Å². The average Bonchev–Trinajstić information content (AvgIpc) is 3.12. The maximum absolute atomic E-state index is 12.7. The third-order valence-corrected chi connectivity index (χ3v) is 4.22. The Balaban J connectivity index is 1.69. The number of β-amino-alcohol motifs (C(OH)–C–C–N with tert-alkyl or cyclic N) is 1. The summed E-state index contributed by atoms with van der Waals surface area (Å²) in [5, 5.41) is 9.44. The first-order valence-corrected chi connectivity index (χ1v) is 7.00. The van der Waals surface area contributed by atoms with E-state index in [1.807, 2.05) is 0 Å². The van der Waals surface area contributed by atoms with Gasteiger partial charge in [-0.3, -0.25) is 4.79 Å². The number of nitrogens with zero attached hydrogens (tertiary/aromatic N) is 1. The van der Waals surface area contributed by atoms with Crippen LogP contribution in [0.5, 0.6) is 0 Å². The first-order valence-electron chi connectivity index (χ1n) is 7.00. The normalized spacial score (nSPS) is 28.8. The van der Waals surface area contributed by atoms with Crippen LogP contribution in [-0.4, -0.2) is 35.1 Å². The molecule has 1 saturated carbocycles. The van der Waals surface area contributed by atoms with Crippen molar-refractivity contribution in [2.45, 2.75) is 31.0 Å². The lowest BCUT2D eigenvalue weighted by Crippen LogP contribution is -2.31. The van der Waals surface area contributed by atoms with Crippen LogP contribution in [0.1, 0.15) is 29.9 Å². The van der Waals surface area contributed by atoms with Crippen LogP contribution in [0.25, 0.3) is 0 Å². The number of aliphatic hydroxyl groups excluding tert-OH is 1. The molecule has 0 bridgehead atoms. The molecule has 3 rings (SSSR count). The van der Waals surface area contributed by atoms with Gasteiger partial charge in [-0.2, -0.15) is 13.2 Å². The Kier molecular flexibility index (Phi) is 3.43. The molecule has 0 radical (unpaired) electrons.